The van der Waals surface area contributed by atoms with Crippen molar-refractivity contribution in [2.75, 3.05) is 11.9 Å². The highest BCUT2D eigenvalue weighted by atomic mass is 16.5. The SMILES string of the molecule is CC(C)(C)c1ccc(OCCCC(=O)NCc2ccc(NC(=O)CC#N)cc2)cc1. The van der Waals surface area contributed by atoms with E-state index in [9.17, 15) is 9.59 Å². The van der Waals surface area contributed by atoms with Gasteiger partial charge in [-0.3, -0.25) is 9.59 Å². The smallest absolute Gasteiger partial charge is 0.238 e. The minimum absolute atomic E-state index is 0.0342. The quantitative estimate of drug-likeness (QED) is 0.606. The predicted octanol–water partition coefficient (Wildman–Crippen LogP) is 4.31. The Kier molecular flexibility index (Phi) is 8.42. The number of nitriles is 1. The number of amides is 2. The number of hydrogen-bond donors (Lipinski definition) is 2. The second kappa shape index (κ2) is 11.0. The van der Waals surface area contributed by atoms with Crippen molar-refractivity contribution in [2.24, 2.45) is 0 Å². The first-order chi connectivity index (χ1) is 14.3. The van der Waals surface area contributed by atoms with Crippen LogP contribution in [0.3, 0.4) is 0 Å². The molecule has 0 atom stereocenters. The van der Waals surface area contributed by atoms with E-state index in [0.717, 1.165) is 11.3 Å². The largest absolute Gasteiger partial charge is 0.494 e. The van der Waals surface area contributed by atoms with Crippen molar-refractivity contribution in [2.45, 2.75) is 52.0 Å². The molecule has 0 saturated carbocycles. The number of hydrogen-bond acceptors (Lipinski definition) is 4. The summed E-state index contributed by atoms with van der Waals surface area (Å²) in [6.07, 6.45) is 0.850. The van der Waals surface area contributed by atoms with E-state index >= 15 is 0 Å². The van der Waals surface area contributed by atoms with Crippen LogP contribution in [0.15, 0.2) is 48.5 Å². The molecule has 2 N–H and O–H groups in total. The van der Waals surface area contributed by atoms with E-state index in [1.165, 1.54) is 5.56 Å². The van der Waals surface area contributed by atoms with Crippen LogP contribution in [0.25, 0.3) is 0 Å². The Labute approximate surface area is 178 Å². The van der Waals surface area contributed by atoms with E-state index in [2.05, 4.69) is 43.5 Å². The van der Waals surface area contributed by atoms with Crippen molar-refractivity contribution in [3.63, 3.8) is 0 Å². The van der Waals surface area contributed by atoms with E-state index in [4.69, 9.17) is 10.00 Å². The van der Waals surface area contributed by atoms with Crippen molar-refractivity contribution in [1.82, 2.24) is 5.32 Å². The van der Waals surface area contributed by atoms with Crippen molar-refractivity contribution in [1.29, 1.82) is 5.26 Å². The third-order valence-electron chi connectivity index (χ3n) is 4.50. The van der Waals surface area contributed by atoms with Crippen molar-refractivity contribution < 1.29 is 14.3 Å². The highest BCUT2D eigenvalue weighted by Gasteiger charge is 2.13. The molecule has 0 saturated heterocycles. The maximum atomic E-state index is 12.0. The fraction of sp³-hybridized carbons (Fsp3) is 0.375. The fourth-order valence-corrected chi connectivity index (χ4v) is 2.75. The lowest BCUT2D eigenvalue weighted by atomic mass is 9.87. The van der Waals surface area contributed by atoms with Gasteiger partial charge >= 0.3 is 0 Å². The summed E-state index contributed by atoms with van der Waals surface area (Å²) >= 11 is 0. The molecular formula is C24H29N3O3. The van der Waals surface area contributed by atoms with Gasteiger partial charge in [0, 0.05) is 18.7 Å². The van der Waals surface area contributed by atoms with E-state index in [1.54, 1.807) is 18.2 Å². The number of ether oxygens (including phenoxy) is 1. The molecule has 2 aromatic carbocycles. The Balaban J connectivity index is 1.65. The molecule has 0 spiro atoms. The van der Waals surface area contributed by atoms with Crippen LogP contribution >= 0.6 is 0 Å². The number of anilines is 1. The molecule has 0 unspecified atom stereocenters. The Morgan fingerprint density at radius 1 is 1.00 bits per heavy atom. The summed E-state index contributed by atoms with van der Waals surface area (Å²) < 4.78 is 5.71. The van der Waals surface area contributed by atoms with Crippen LogP contribution in [0.5, 0.6) is 5.75 Å². The summed E-state index contributed by atoms with van der Waals surface area (Å²) in [6, 6.07) is 17.0. The molecule has 0 fully saturated rings. The number of carbonyl (C=O) groups is 2. The summed E-state index contributed by atoms with van der Waals surface area (Å²) in [5.74, 6) is 0.435. The minimum atomic E-state index is -0.342. The number of carbonyl (C=O) groups excluding carboxylic acids is 2. The number of benzene rings is 2. The van der Waals surface area contributed by atoms with Crippen molar-refractivity contribution in [3.8, 4) is 11.8 Å². The summed E-state index contributed by atoms with van der Waals surface area (Å²) in [5.41, 5.74) is 2.92. The number of rotatable bonds is 9. The minimum Gasteiger partial charge on any atom is -0.494 e. The van der Waals surface area contributed by atoms with Gasteiger partial charge in [-0.05, 0) is 47.2 Å². The molecule has 0 radical (unpaired) electrons. The standard InChI is InChI=1S/C24H29N3O3/c1-24(2,3)19-8-12-21(13-9-19)30-16-4-5-22(28)26-17-18-6-10-20(11-7-18)27-23(29)14-15-25/h6-13H,4-5,14,16-17H2,1-3H3,(H,26,28)(H,27,29). The van der Waals surface area contributed by atoms with Crippen LogP contribution in [0.2, 0.25) is 0 Å². The van der Waals surface area contributed by atoms with Gasteiger partial charge in [0.1, 0.15) is 12.2 Å². The van der Waals surface area contributed by atoms with Gasteiger partial charge in [0.15, 0.2) is 0 Å². The first-order valence-electron chi connectivity index (χ1n) is 10.0. The van der Waals surface area contributed by atoms with Gasteiger partial charge in [0.05, 0.1) is 12.7 Å². The first kappa shape index (κ1) is 23.0. The molecular weight excluding hydrogens is 378 g/mol. The van der Waals surface area contributed by atoms with Crippen LogP contribution in [0.4, 0.5) is 5.69 Å². The van der Waals surface area contributed by atoms with Crippen LogP contribution in [-0.4, -0.2) is 18.4 Å². The number of nitrogens with zero attached hydrogens (tertiary/aromatic N) is 1. The lowest BCUT2D eigenvalue weighted by Crippen LogP contribution is -2.23. The molecule has 2 rings (SSSR count). The normalized spacial score (nSPS) is 10.7. The van der Waals surface area contributed by atoms with Gasteiger partial charge in [0.25, 0.3) is 0 Å². The van der Waals surface area contributed by atoms with Gasteiger partial charge in [-0.25, -0.2) is 0 Å². The monoisotopic (exact) mass is 407 g/mol. The molecule has 0 aromatic heterocycles. The molecule has 6 heteroatoms. The van der Waals surface area contributed by atoms with Gasteiger partial charge in [-0.1, -0.05) is 45.0 Å². The second-order valence-electron chi connectivity index (χ2n) is 8.08. The zero-order valence-electron chi connectivity index (χ0n) is 17.8. The summed E-state index contributed by atoms with van der Waals surface area (Å²) in [7, 11) is 0. The lowest BCUT2D eigenvalue weighted by molar-refractivity contribution is -0.121. The zero-order chi connectivity index (χ0) is 22.0. The van der Waals surface area contributed by atoms with Crippen molar-refractivity contribution >= 4 is 17.5 Å². The molecule has 2 aromatic rings. The van der Waals surface area contributed by atoms with E-state index in [1.807, 2.05) is 24.3 Å². The summed E-state index contributed by atoms with van der Waals surface area (Å²) in [4.78, 5) is 23.4. The van der Waals surface area contributed by atoms with E-state index in [0.29, 0.717) is 31.7 Å². The van der Waals surface area contributed by atoms with Crippen LogP contribution in [-0.2, 0) is 21.5 Å². The maximum Gasteiger partial charge on any atom is 0.238 e. The highest BCUT2D eigenvalue weighted by Crippen LogP contribution is 2.24. The summed E-state index contributed by atoms with van der Waals surface area (Å²) in [5, 5.41) is 14.0. The Hall–Kier alpha value is -3.33. The highest BCUT2D eigenvalue weighted by molar-refractivity contribution is 5.92. The molecule has 158 valence electrons. The molecule has 0 aliphatic carbocycles. The third-order valence-corrected chi connectivity index (χ3v) is 4.50. The van der Waals surface area contributed by atoms with Crippen LogP contribution in [0.1, 0.15) is 51.2 Å². The summed E-state index contributed by atoms with van der Waals surface area (Å²) in [6.45, 7) is 7.42. The molecule has 0 bridgehead atoms. The molecule has 30 heavy (non-hydrogen) atoms. The Bertz CT molecular complexity index is 876. The van der Waals surface area contributed by atoms with E-state index < -0.39 is 0 Å². The van der Waals surface area contributed by atoms with Gasteiger partial charge in [-0.2, -0.15) is 5.26 Å². The number of nitrogens with one attached hydrogen (secondary N) is 2. The molecule has 0 heterocycles. The molecule has 0 aliphatic rings. The Morgan fingerprint density at radius 2 is 1.67 bits per heavy atom. The molecule has 2 amide bonds. The van der Waals surface area contributed by atoms with Gasteiger partial charge < -0.3 is 15.4 Å². The average Bonchev–Trinajstić information content (AvgIpc) is 2.70. The first-order valence-corrected chi connectivity index (χ1v) is 10.0. The maximum absolute atomic E-state index is 12.0. The van der Waals surface area contributed by atoms with Gasteiger partial charge in [-0.15, -0.1) is 0 Å². The zero-order valence-corrected chi connectivity index (χ0v) is 17.8. The molecule has 6 nitrogen and oxygen atoms in total. The third kappa shape index (κ3) is 7.96. The molecule has 0 aliphatic heterocycles. The average molecular weight is 408 g/mol. The van der Waals surface area contributed by atoms with Crippen LogP contribution in [0, 0.1) is 11.3 Å². The Morgan fingerprint density at radius 3 is 2.27 bits per heavy atom. The predicted molar refractivity (Wildman–Crippen MR) is 117 cm³/mol. The van der Waals surface area contributed by atoms with E-state index in [-0.39, 0.29) is 23.7 Å². The van der Waals surface area contributed by atoms with Gasteiger partial charge in [0.2, 0.25) is 11.8 Å². The van der Waals surface area contributed by atoms with Crippen LogP contribution < -0.4 is 15.4 Å². The van der Waals surface area contributed by atoms with Crippen molar-refractivity contribution in [3.05, 3.63) is 59.7 Å². The lowest BCUT2D eigenvalue weighted by Gasteiger charge is -2.19. The second-order valence-corrected chi connectivity index (χ2v) is 8.08. The topological polar surface area (TPSA) is 91.2 Å². The fourth-order valence-electron chi connectivity index (χ4n) is 2.75.